The summed E-state index contributed by atoms with van der Waals surface area (Å²) in [5.74, 6) is 2.22. The van der Waals surface area contributed by atoms with Crippen LogP contribution in [0.5, 0.6) is 5.75 Å². The van der Waals surface area contributed by atoms with Gasteiger partial charge in [0.1, 0.15) is 11.4 Å². The number of carbonyl (C=O) groups is 1. The maximum absolute atomic E-state index is 13.7. The molecule has 3 fully saturated rings. The van der Waals surface area contributed by atoms with Crippen molar-refractivity contribution in [3.63, 3.8) is 0 Å². The molecular formula is C43H58ClN3O5S. The predicted octanol–water partition coefficient (Wildman–Crippen LogP) is 7.78. The highest BCUT2D eigenvalue weighted by molar-refractivity contribution is 7.90. The molecule has 1 spiro atoms. The van der Waals surface area contributed by atoms with Crippen LogP contribution in [0.25, 0.3) is 0 Å². The number of benzene rings is 2. The van der Waals surface area contributed by atoms with Crippen LogP contribution in [0.3, 0.4) is 0 Å². The van der Waals surface area contributed by atoms with Gasteiger partial charge in [-0.2, -0.15) is 0 Å². The van der Waals surface area contributed by atoms with E-state index in [2.05, 4.69) is 38.8 Å². The van der Waals surface area contributed by atoms with Gasteiger partial charge in [0.2, 0.25) is 10.0 Å². The fourth-order valence-corrected chi connectivity index (χ4v) is 12.5. The lowest BCUT2D eigenvalue weighted by Gasteiger charge is -2.53. The molecule has 2 aromatic rings. The van der Waals surface area contributed by atoms with Crippen molar-refractivity contribution in [1.82, 2.24) is 9.62 Å². The van der Waals surface area contributed by atoms with E-state index < -0.39 is 26.8 Å². The molecule has 8 rings (SSSR count). The molecule has 8 nitrogen and oxygen atoms in total. The zero-order valence-corrected chi connectivity index (χ0v) is 33.4. The second kappa shape index (κ2) is 14.8. The summed E-state index contributed by atoms with van der Waals surface area (Å²) < 4.78 is 43.2. The number of methoxy groups -OCH3 is 1. The second-order valence-electron chi connectivity index (χ2n) is 17.5. The smallest absolute Gasteiger partial charge is 0.264 e. The van der Waals surface area contributed by atoms with E-state index in [4.69, 9.17) is 21.1 Å². The number of rotatable bonds is 3. The van der Waals surface area contributed by atoms with Crippen LogP contribution in [0.4, 0.5) is 5.69 Å². The molecule has 8 atom stereocenters. The van der Waals surface area contributed by atoms with Gasteiger partial charge in [0, 0.05) is 49.3 Å². The summed E-state index contributed by atoms with van der Waals surface area (Å²) in [5, 5.41) is -0.00457. The second-order valence-corrected chi connectivity index (χ2v) is 20.0. The van der Waals surface area contributed by atoms with Crippen LogP contribution in [-0.4, -0.2) is 76.5 Å². The van der Waals surface area contributed by atoms with E-state index in [9.17, 15) is 13.2 Å². The number of fused-ring (bicyclic) bond motifs is 5. The van der Waals surface area contributed by atoms with Gasteiger partial charge in [0.15, 0.2) is 0 Å². The minimum atomic E-state index is -3.94. The molecule has 0 radical (unpaired) electrons. The number of carbonyl (C=O) groups excluding carboxylic acids is 1. The summed E-state index contributed by atoms with van der Waals surface area (Å²) in [7, 11) is -2.06. The Labute approximate surface area is 322 Å². The van der Waals surface area contributed by atoms with Crippen LogP contribution in [0.15, 0.2) is 48.6 Å². The lowest BCUT2D eigenvalue weighted by molar-refractivity contribution is -0.0987. The van der Waals surface area contributed by atoms with Crippen molar-refractivity contribution in [3.05, 3.63) is 70.3 Å². The molecule has 3 aliphatic carbocycles. The van der Waals surface area contributed by atoms with Gasteiger partial charge in [0.25, 0.3) is 5.91 Å². The number of piperidine rings is 1. The summed E-state index contributed by atoms with van der Waals surface area (Å²) in [6.07, 6.45) is 17.0. The largest absolute Gasteiger partial charge is 0.490 e. The van der Waals surface area contributed by atoms with Gasteiger partial charge in [-0.05, 0) is 136 Å². The number of hydrogen-bond donors (Lipinski definition) is 1. The number of nitrogens with one attached hydrogen (secondary N) is 1. The molecule has 1 saturated heterocycles. The van der Waals surface area contributed by atoms with Gasteiger partial charge in [-0.3, -0.25) is 9.69 Å². The van der Waals surface area contributed by atoms with E-state index in [1.165, 1.54) is 43.2 Å². The maximum atomic E-state index is 13.7. The topological polar surface area (TPSA) is 88.2 Å². The molecule has 2 bridgehead atoms. The van der Waals surface area contributed by atoms with Crippen molar-refractivity contribution in [2.24, 2.45) is 29.6 Å². The SMILES string of the molecule is CO[C@]1(CN2CC[C@H]3CCCC[C@@H]3C2)/C=C\C[C@H](C)[C@@H](C)S(=O)(=O)NC(=O)c2ccc3c(c2)N(C[C@@H]2CC[C@H]21)C[C@@]1(CCCc2cc(Cl)ccc21)CO3. The van der Waals surface area contributed by atoms with E-state index in [0.29, 0.717) is 30.4 Å². The predicted molar refractivity (Wildman–Crippen MR) is 211 cm³/mol. The molecule has 53 heavy (non-hydrogen) atoms. The third-order valence-corrected chi connectivity index (χ3v) is 16.6. The standard InChI is InChI=1S/C43H58ClN3O5S/c1-29-8-6-20-43(51-3,27-46-21-18-31-9-4-5-10-34(31)24-46)38-15-12-35(38)25-47-26-42(19-7-11-32-22-36(44)14-16-37(32)42)28-52-40-17-13-33(23-39(40)47)41(48)45-53(49,50)30(29)2/h6,13-14,16-17,20,22-23,29-31,34-35,38H,4-5,7-12,15,18-19,21,24-28H2,1-3H3,(H,45,48)/b20-6-/t29-,30+,31+,34+,35-,38+,42-,43-/m0/s1. The Morgan fingerprint density at radius 1 is 0.981 bits per heavy atom. The number of anilines is 1. The molecule has 6 aliphatic rings. The molecule has 1 N–H and O–H groups in total. The normalized spacial score (nSPS) is 36.5. The number of ether oxygens (including phenoxy) is 2. The molecule has 288 valence electrons. The Morgan fingerprint density at radius 3 is 2.60 bits per heavy atom. The number of likely N-dealkylation sites (tertiary alicyclic amines) is 1. The van der Waals surface area contributed by atoms with E-state index in [0.717, 1.165) is 93.1 Å². The highest BCUT2D eigenvalue weighted by Gasteiger charge is 2.50. The molecular weight excluding hydrogens is 706 g/mol. The average Bonchev–Trinajstić information content (AvgIpc) is 3.28. The molecule has 3 heterocycles. The molecule has 3 aliphatic heterocycles. The van der Waals surface area contributed by atoms with Gasteiger partial charge in [-0.1, -0.05) is 56.0 Å². The highest BCUT2D eigenvalue weighted by Crippen LogP contribution is 2.50. The van der Waals surface area contributed by atoms with Gasteiger partial charge >= 0.3 is 0 Å². The van der Waals surface area contributed by atoms with Crippen LogP contribution < -0.4 is 14.4 Å². The van der Waals surface area contributed by atoms with E-state index in [-0.39, 0.29) is 11.3 Å². The third-order valence-electron chi connectivity index (χ3n) is 14.5. The van der Waals surface area contributed by atoms with Gasteiger partial charge < -0.3 is 14.4 Å². The number of aryl methyl sites for hydroxylation is 1. The zero-order valence-electron chi connectivity index (χ0n) is 31.8. The van der Waals surface area contributed by atoms with Gasteiger partial charge in [-0.15, -0.1) is 0 Å². The van der Waals surface area contributed by atoms with E-state index in [1.54, 1.807) is 13.0 Å². The molecule has 1 amide bonds. The van der Waals surface area contributed by atoms with Crippen molar-refractivity contribution < 1.29 is 22.7 Å². The van der Waals surface area contributed by atoms with Crippen LogP contribution in [0, 0.1) is 29.6 Å². The molecule has 0 unspecified atom stereocenters. The number of hydrogen-bond acceptors (Lipinski definition) is 7. The Bertz CT molecular complexity index is 1840. The first kappa shape index (κ1) is 37.3. The van der Waals surface area contributed by atoms with Crippen LogP contribution in [0.1, 0.15) is 99.5 Å². The first-order valence-electron chi connectivity index (χ1n) is 20.3. The Balaban J connectivity index is 1.19. The summed E-state index contributed by atoms with van der Waals surface area (Å²) in [4.78, 5) is 18.8. The van der Waals surface area contributed by atoms with Crippen molar-refractivity contribution >= 4 is 33.2 Å². The first-order chi connectivity index (χ1) is 25.5. The Kier molecular flexibility index (Phi) is 10.4. The van der Waals surface area contributed by atoms with Crippen LogP contribution in [0.2, 0.25) is 5.02 Å². The first-order valence-corrected chi connectivity index (χ1v) is 22.2. The molecule has 0 aromatic heterocycles. The monoisotopic (exact) mass is 763 g/mol. The van der Waals surface area contributed by atoms with Crippen molar-refractivity contribution in [2.75, 3.05) is 51.3 Å². The van der Waals surface area contributed by atoms with Crippen LogP contribution >= 0.6 is 11.6 Å². The number of sulfonamides is 1. The lowest BCUT2D eigenvalue weighted by atomic mass is 9.63. The van der Waals surface area contributed by atoms with Crippen LogP contribution in [-0.2, 0) is 26.6 Å². The number of allylic oxidation sites excluding steroid dienone is 1. The summed E-state index contributed by atoms with van der Waals surface area (Å²) >= 11 is 6.52. The zero-order chi connectivity index (χ0) is 37.0. The quantitative estimate of drug-likeness (QED) is 0.320. The Hall–Kier alpha value is -2.59. The molecule has 10 heteroatoms. The fraction of sp³-hybridized carbons (Fsp3) is 0.651. The van der Waals surface area contributed by atoms with Crippen molar-refractivity contribution in [3.8, 4) is 5.75 Å². The molecule has 2 aromatic carbocycles. The molecule has 2 saturated carbocycles. The summed E-state index contributed by atoms with van der Waals surface area (Å²) in [6, 6.07) is 11.7. The summed E-state index contributed by atoms with van der Waals surface area (Å²) in [6.45, 7) is 8.82. The summed E-state index contributed by atoms with van der Waals surface area (Å²) in [5.41, 5.74) is 3.01. The number of nitrogens with zero attached hydrogens (tertiary/aromatic N) is 2. The third kappa shape index (κ3) is 7.18. The maximum Gasteiger partial charge on any atom is 0.264 e. The van der Waals surface area contributed by atoms with Gasteiger partial charge in [-0.25, -0.2) is 13.1 Å². The lowest BCUT2D eigenvalue weighted by Crippen LogP contribution is -2.58. The Morgan fingerprint density at radius 2 is 1.81 bits per heavy atom. The number of halogens is 1. The van der Waals surface area contributed by atoms with Crippen molar-refractivity contribution in [2.45, 2.75) is 101 Å². The average molecular weight is 764 g/mol. The van der Waals surface area contributed by atoms with E-state index in [1.807, 2.05) is 32.2 Å². The number of amides is 1. The highest BCUT2D eigenvalue weighted by atomic mass is 35.5. The van der Waals surface area contributed by atoms with E-state index >= 15 is 0 Å². The minimum absolute atomic E-state index is 0.199. The minimum Gasteiger partial charge on any atom is -0.490 e. The fourth-order valence-electron chi connectivity index (χ4n) is 11.0. The van der Waals surface area contributed by atoms with Gasteiger partial charge in [0.05, 0.1) is 17.5 Å². The van der Waals surface area contributed by atoms with Crippen molar-refractivity contribution in [1.29, 1.82) is 0 Å².